The molecule has 0 radical (unpaired) electrons. The SMILES string of the molecule is COC[C@@H](NC(=O)c1cccc(CC2CCNCC2)c1)c1ccnn1C. The fourth-order valence-corrected chi connectivity index (χ4v) is 3.59. The minimum atomic E-state index is -0.229. The molecular weight excluding hydrogens is 328 g/mol. The van der Waals surface area contributed by atoms with Crippen LogP contribution in [0.4, 0.5) is 0 Å². The Morgan fingerprint density at radius 1 is 1.38 bits per heavy atom. The molecule has 1 amide bonds. The van der Waals surface area contributed by atoms with Crippen LogP contribution in [-0.2, 0) is 18.2 Å². The molecule has 1 aliphatic heterocycles. The third kappa shape index (κ3) is 4.71. The lowest BCUT2D eigenvalue weighted by molar-refractivity contribution is 0.0892. The van der Waals surface area contributed by atoms with Crippen LogP contribution in [0.5, 0.6) is 0 Å². The van der Waals surface area contributed by atoms with Gasteiger partial charge in [-0.1, -0.05) is 12.1 Å². The van der Waals surface area contributed by atoms with Crippen LogP contribution in [0, 0.1) is 5.92 Å². The van der Waals surface area contributed by atoms with Crippen LogP contribution in [0.25, 0.3) is 0 Å². The molecule has 3 rings (SSSR count). The van der Waals surface area contributed by atoms with Crippen molar-refractivity contribution in [2.24, 2.45) is 13.0 Å². The molecule has 1 saturated heterocycles. The van der Waals surface area contributed by atoms with Gasteiger partial charge in [-0.2, -0.15) is 5.10 Å². The second-order valence-corrected chi connectivity index (χ2v) is 6.96. The van der Waals surface area contributed by atoms with Crippen LogP contribution in [-0.4, -0.2) is 42.5 Å². The monoisotopic (exact) mass is 356 g/mol. The number of aromatic nitrogens is 2. The van der Waals surface area contributed by atoms with Gasteiger partial charge >= 0.3 is 0 Å². The van der Waals surface area contributed by atoms with Gasteiger partial charge in [-0.15, -0.1) is 0 Å². The number of ether oxygens (including phenoxy) is 1. The summed E-state index contributed by atoms with van der Waals surface area (Å²) in [7, 11) is 3.50. The zero-order chi connectivity index (χ0) is 18.4. The zero-order valence-electron chi connectivity index (χ0n) is 15.6. The second-order valence-electron chi connectivity index (χ2n) is 6.96. The standard InChI is InChI=1S/C20H28N4O2/c1-24-19(8-11-22-24)18(14-26-2)23-20(25)17-5-3-4-16(13-17)12-15-6-9-21-10-7-15/h3-5,8,11,13,15,18,21H,6-7,9-10,12,14H2,1-2H3,(H,23,25)/t18-/m1/s1. The highest BCUT2D eigenvalue weighted by molar-refractivity contribution is 5.94. The van der Waals surface area contributed by atoms with E-state index in [-0.39, 0.29) is 11.9 Å². The summed E-state index contributed by atoms with van der Waals surface area (Å²) in [6.07, 6.45) is 5.16. The lowest BCUT2D eigenvalue weighted by Gasteiger charge is -2.23. The first-order chi connectivity index (χ1) is 12.7. The fraction of sp³-hybridized carbons (Fsp3) is 0.500. The van der Waals surface area contributed by atoms with Gasteiger partial charge in [0.25, 0.3) is 5.91 Å². The van der Waals surface area contributed by atoms with E-state index in [0.29, 0.717) is 18.1 Å². The van der Waals surface area contributed by atoms with Crippen LogP contribution in [0.3, 0.4) is 0 Å². The number of nitrogens with zero attached hydrogens (tertiary/aromatic N) is 2. The number of carbonyl (C=O) groups excluding carboxylic acids is 1. The number of piperidine rings is 1. The minimum Gasteiger partial charge on any atom is -0.382 e. The Kier molecular flexibility index (Phi) is 6.41. The van der Waals surface area contributed by atoms with Gasteiger partial charge in [-0.05, 0) is 62.0 Å². The molecule has 1 aromatic carbocycles. The molecular formula is C20H28N4O2. The van der Waals surface area contributed by atoms with Gasteiger partial charge in [0.1, 0.15) is 0 Å². The number of benzene rings is 1. The van der Waals surface area contributed by atoms with Crippen molar-refractivity contribution in [2.45, 2.75) is 25.3 Å². The summed E-state index contributed by atoms with van der Waals surface area (Å²) in [5.41, 5.74) is 2.85. The number of aryl methyl sites for hydroxylation is 1. The van der Waals surface area contributed by atoms with Gasteiger partial charge in [0.2, 0.25) is 0 Å². The van der Waals surface area contributed by atoms with E-state index in [1.807, 2.05) is 31.3 Å². The van der Waals surface area contributed by atoms with Gasteiger partial charge in [-0.3, -0.25) is 9.48 Å². The molecule has 2 N–H and O–H groups in total. The lowest BCUT2D eigenvalue weighted by Crippen LogP contribution is -2.32. The summed E-state index contributed by atoms with van der Waals surface area (Å²) in [5, 5.41) is 10.7. The van der Waals surface area contributed by atoms with E-state index in [1.54, 1.807) is 18.0 Å². The molecule has 1 aliphatic rings. The average Bonchev–Trinajstić information content (AvgIpc) is 3.08. The Labute approximate surface area is 154 Å². The van der Waals surface area contributed by atoms with Crippen LogP contribution < -0.4 is 10.6 Å². The summed E-state index contributed by atoms with van der Waals surface area (Å²) < 4.78 is 7.04. The molecule has 2 aromatic rings. The van der Waals surface area contributed by atoms with Crippen LogP contribution in [0.15, 0.2) is 36.5 Å². The highest BCUT2D eigenvalue weighted by Gasteiger charge is 2.19. The first kappa shape index (κ1) is 18.6. The highest BCUT2D eigenvalue weighted by atomic mass is 16.5. The third-order valence-electron chi connectivity index (χ3n) is 5.03. The molecule has 6 nitrogen and oxygen atoms in total. The molecule has 1 aromatic heterocycles. The predicted molar refractivity (Wildman–Crippen MR) is 101 cm³/mol. The second kappa shape index (κ2) is 8.96. The number of carbonyl (C=O) groups is 1. The van der Waals surface area contributed by atoms with E-state index in [0.717, 1.165) is 25.2 Å². The van der Waals surface area contributed by atoms with Gasteiger partial charge < -0.3 is 15.4 Å². The van der Waals surface area contributed by atoms with Crippen molar-refractivity contribution in [2.75, 3.05) is 26.8 Å². The molecule has 26 heavy (non-hydrogen) atoms. The first-order valence-electron chi connectivity index (χ1n) is 9.24. The number of amides is 1. The van der Waals surface area contributed by atoms with Gasteiger partial charge in [0.15, 0.2) is 0 Å². The topological polar surface area (TPSA) is 68.2 Å². The van der Waals surface area contributed by atoms with Gasteiger partial charge in [0.05, 0.1) is 18.3 Å². The minimum absolute atomic E-state index is 0.0830. The number of nitrogens with one attached hydrogen (secondary N) is 2. The maximum atomic E-state index is 12.8. The summed E-state index contributed by atoms with van der Waals surface area (Å²) >= 11 is 0. The Hall–Kier alpha value is -2.18. The molecule has 0 unspecified atom stereocenters. The van der Waals surface area contributed by atoms with Crippen molar-refractivity contribution in [3.05, 3.63) is 53.3 Å². The van der Waals surface area contributed by atoms with E-state index < -0.39 is 0 Å². The third-order valence-corrected chi connectivity index (χ3v) is 5.03. The van der Waals surface area contributed by atoms with E-state index in [1.165, 1.54) is 18.4 Å². The molecule has 0 spiro atoms. The normalized spacial score (nSPS) is 16.4. The van der Waals surface area contributed by atoms with Crippen molar-refractivity contribution in [1.29, 1.82) is 0 Å². The Morgan fingerprint density at radius 3 is 2.88 bits per heavy atom. The molecule has 1 fully saturated rings. The maximum Gasteiger partial charge on any atom is 0.251 e. The van der Waals surface area contributed by atoms with Crippen molar-refractivity contribution in [3.8, 4) is 0 Å². The summed E-state index contributed by atoms with van der Waals surface area (Å²) in [5.74, 6) is 0.616. The van der Waals surface area contributed by atoms with Crippen molar-refractivity contribution < 1.29 is 9.53 Å². The Balaban J connectivity index is 1.68. The van der Waals surface area contributed by atoms with Gasteiger partial charge in [-0.25, -0.2) is 0 Å². The molecule has 0 saturated carbocycles. The average molecular weight is 356 g/mol. The highest BCUT2D eigenvalue weighted by Crippen LogP contribution is 2.19. The molecule has 0 aliphatic carbocycles. The summed E-state index contributed by atoms with van der Waals surface area (Å²) in [6, 6.07) is 9.65. The first-order valence-corrected chi connectivity index (χ1v) is 9.24. The van der Waals surface area contributed by atoms with E-state index >= 15 is 0 Å². The number of rotatable bonds is 7. The van der Waals surface area contributed by atoms with Crippen molar-refractivity contribution in [3.63, 3.8) is 0 Å². The van der Waals surface area contributed by atoms with Crippen LogP contribution in [0.1, 0.15) is 40.5 Å². The summed E-state index contributed by atoms with van der Waals surface area (Å²) in [6.45, 7) is 2.59. The quantitative estimate of drug-likeness (QED) is 0.797. The van der Waals surface area contributed by atoms with E-state index in [9.17, 15) is 4.79 Å². The molecule has 0 bridgehead atoms. The van der Waals surface area contributed by atoms with Crippen molar-refractivity contribution >= 4 is 5.91 Å². The Bertz CT molecular complexity index is 722. The zero-order valence-corrected chi connectivity index (χ0v) is 15.6. The summed E-state index contributed by atoms with van der Waals surface area (Å²) in [4.78, 5) is 12.8. The Morgan fingerprint density at radius 2 is 2.19 bits per heavy atom. The lowest BCUT2D eigenvalue weighted by atomic mass is 9.90. The van der Waals surface area contributed by atoms with E-state index in [2.05, 4.69) is 21.8 Å². The largest absolute Gasteiger partial charge is 0.382 e. The number of hydrogen-bond donors (Lipinski definition) is 2. The number of methoxy groups -OCH3 is 1. The van der Waals surface area contributed by atoms with Crippen LogP contribution >= 0.6 is 0 Å². The van der Waals surface area contributed by atoms with Crippen LogP contribution in [0.2, 0.25) is 0 Å². The molecule has 6 heteroatoms. The fourth-order valence-electron chi connectivity index (χ4n) is 3.59. The molecule has 1 atom stereocenters. The van der Waals surface area contributed by atoms with Crippen molar-refractivity contribution in [1.82, 2.24) is 20.4 Å². The van der Waals surface area contributed by atoms with E-state index in [4.69, 9.17) is 4.74 Å². The maximum absolute atomic E-state index is 12.8. The predicted octanol–water partition coefficient (Wildman–Crippen LogP) is 2.08. The molecule has 140 valence electrons. The molecule has 2 heterocycles. The number of hydrogen-bond acceptors (Lipinski definition) is 4. The van der Waals surface area contributed by atoms with Gasteiger partial charge in [0, 0.05) is 25.9 Å². The smallest absolute Gasteiger partial charge is 0.251 e.